The first kappa shape index (κ1) is 13.9. The third kappa shape index (κ3) is 2.27. The highest BCUT2D eigenvalue weighted by Gasteiger charge is 2.45. The van der Waals surface area contributed by atoms with E-state index in [9.17, 15) is 14.3 Å². The van der Waals surface area contributed by atoms with Crippen molar-refractivity contribution < 1.29 is 14.3 Å². The minimum Gasteiger partial charge on any atom is -0.481 e. The van der Waals surface area contributed by atoms with E-state index in [0.29, 0.717) is 18.4 Å². The van der Waals surface area contributed by atoms with Gasteiger partial charge in [0.1, 0.15) is 5.82 Å². The molecular formula is C13H12ClFN4O2. The summed E-state index contributed by atoms with van der Waals surface area (Å²) < 4.78 is 14.9. The highest BCUT2D eigenvalue weighted by Crippen LogP contribution is 2.43. The lowest BCUT2D eigenvalue weighted by molar-refractivity contribution is -0.156. The predicted octanol–water partition coefficient (Wildman–Crippen LogP) is 2.39. The molecule has 1 aliphatic rings. The molecule has 0 bridgehead atoms. The number of carbonyl (C=O) groups is 1. The average molecular weight is 311 g/mol. The standard InChI is InChI=1S/C13H12ClFN4O2/c14-10-8(3-1-4-9(10)15)11-16-17-18-19(11)7-13(12(20)21)5-2-6-13/h1,3-4H,2,5-7H2,(H,20,21). The summed E-state index contributed by atoms with van der Waals surface area (Å²) in [5.74, 6) is -1.16. The SMILES string of the molecule is O=C(O)C1(Cn2nnnc2-c2cccc(F)c2Cl)CCC1. The van der Waals surface area contributed by atoms with Crippen LogP contribution < -0.4 is 0 Å². The van der Waals surface area contributed by atoms with Crippen LogP contribution in [0.25, 0.3) is 11.4 Å². The number of hydrogen-bond acceptors (Lipinski definition) is 4. The highest BCUT2D eigenvalue weighted by atomic mass is 35.5. The molecule has 21 heavy (non-hydrogen) atoms. The molecule has 1 aromatic carbocycles. The highest BCUT2D eigenvalue weighted by molar-refractivity contribution is 6.33. The average Bonchev–Trinajstić information content (AvgIpc) is 2.84. The molecule has 0 radical (unpaired) electrons. The van der Waals surface area contributed by atoms with Crippen molar-refractivity contribution in [2.24, 2.45) is 5.41 Å². The van der Waals surface area contributed by atoms with E-state index >= 15 is 0 Å². The number of rotatable bonds is 4. The third-order valence-electron chi connectivity index (χ3n) is 3.94. The van der Waals surface area contributed by atoms with Gasteiger partial charge in [0.05, 0.1) is 17.0 Å². The van der Waals surface area contributed by atoms with Crippen molar-refractivity contribution >= 4 is 17.6 Å². The number of hydrogen-bond donors (Lipinski definition) is 1. The van der Waals surface area contributed by atoms with Crippen LogP contribution >= 0.6 is 11.6 Å². The Bertz CT molecular complexity index is 699. The Balaban J connectivity index is 1.98. The summed E-state index contributed by atoms with van der Waals surface area (Å²) >= 11 is 5.94. The summed E-state index contributed by atoms with van der Waals surface area (Å²) in [5, 5.41) is 20.5. The molecule has 0 unspecified atom stereocenters. The topological polar surface area (TPSA) is 80.9 Å². The molecule has 3 rings (SSSR count). The van der Waals surface area contributed by atoms with E-state index in [0.717, 1.165) is 6.42 Å². The zero-order valence-corrected chi connectivity index (χ0v) is 11.7. The number of benzene rings is 1. The maximum absolute atomic E-state index is 13.5. The summed E-state index contributed by atoms with van der Waals surface area (Å²) in [6, 6.07) is 4.35. The maximum atomic E-state index is 13.5. The van der Waals surface area contributed by atoms with Crippen LogP contribution in [0.5, 0.6) is 0 Å². The fraction of sp³-hybridized carbons (Fsp3) is 0.385. The second-order valence-electron chi connectivity index (χ2n) is 5.20. The summed E-state index contributed by atoms with van der Waals surface area (Å²) in [7, 11) is 0. The minimum atomic E-state index is -0.861. The number of carboxylic acids is 1. The Morgan fingerprint density at radius 2 is 2.24 bits per heavy atom. The van der Waals surface area contributed by atoms with E-state index in [1.165, 1.54) is 16.8 Å². The zero-order chi connectivity index (χ0) is 15.0. The van der Waals surface area contributed by atoms with Gasteiger partial charge in [0.2, 0.25) is 0 Å². The molecule has 0 amide bonds. The van der Waals surface area contributed by atoms with Crippen LogP contribution in [0.3, 0.4) is 0 Å². The molecule has 0 atom stereocenters. The molecule has 0 spiro atoms. The van der Waals surface area contributed by atoms with E-state index in [1.807, 2.05) is 0 Å². The lowest BCUT2D eigenvalue weighted by Gasteiger charge is -2.37. The molecule has 0 aliphatic heterocycles. The van der Waals surface area contributed by atoms with Crippen LogP contribution in [0, 0.1) is 11.2 Å². The zero-order valence-electron chi connectivity index (χ0n) is 11.0. The van der Waals surface area contributed by atoms with E-state index in [1.54, 1.807) is 6.07 Å². The molecule has 2 aromatic rings. The van der Waals surface area contributed by atoms with Crippen molar-refractivity contribution in [2.45, 2.75) is 25.8 Å². The monoisotopic (exact) mass is 310 g/mol. The molecule has 8 heteroatoms. The largest absolute Gasteiger partial charge is 0.481 e. The van der Waals surface area contributed by atoms with Gasteiger partial charge in [-0.1, -0.05) is 24.1 Å². The second-order valence-corrected chi connectivity index (χ2v) is 5.58. The van der Waals surface area contributed by atoms with Gasteiger partial charge in [0, 0.05) is 5.56 Å². The smallest absolute Gasteiger partial charge is 0.311 e. The van der Waals surface area contributed by atoms with Crippen LogP contribution in [-0.4, -0.2) is 31.3 Å². The van der Waals surface area contributed by atoms with Gasteiger partial charge in [-0.3, -0.25) is 4.79 Å². The van der Waals surface area contributed by atoms with E-state index in [2.05, 4.69) is 15.5 Å². The molecule has 1 N–H and O–H groups in total. The van der Waals surface area contributed by atoms with E-state index in [-0.39, 0.29) is 17.4 Å². The van der Waals surface area contributed by atoms with Crippen LogP contribution in [0.15, 0.2) is 18.2 Å². The first-order valence-electron chi connectivity index (χ1n) is 6.47. The molecule has 0 saturated heterocycles. The quantitative estimate of drug-likeness (QED) is 0.937. The summed E-state index contributed by atoms with van der Waals surface area (Å²) in [6.45, 7) is 0.150. The van der Waals surface area contributed by atoms with Gasteiger partial charge in [0.15, 0.2) is 5.82 Å². The number of carboxylic acid groups (broad SMARTS) is 1. The number of aliphatic carboxylic acids is 1. The van der Waals surface area contributed by atoms with Crippen LogP contribution in [0.2, 0.25) is 5.02 Å². The fourth-order valence-electron chi connectivity index (χ4n) is 2.51. The van der Waals surface area contributed by atoms with Crippen LogP contribution in [-0.2, 0) is 11.3 Å². The first-order chi connectivity index (χ1) is 10.0. The van der Waals surface area contributed by atoms with Crippen molar-refractivity contribution in [3.05, 3.63) is 29.0 Å². The van der Waals surface area contributed by atoms with Gasteiger partial charge in [-0.05, 0) is 35.4 Å². The van der Waals surface area contributed by atoms with Crippen molar-refractivity contribution in [2.75, 3.05) is 0 Å². The van der Waals surface area contributed by atoms with Gasteiger partial charge < -0.3 is 5.11 Å². The van der Waals surface area contributed by atoms with Crippen LogP contribution in [0.4, 0.5) is 4.39 Å². The second kappa shape index (κ2) is 5.07. The lowest BCUT2D eigenvalue weighted by atomic mass is 9.69. The molecule has 1 aromatic heterocycles. The van der Waals surface area contributed by atoms with Gasteiger partial charge in [-0.2, -0.15) is 0 Å². The van der Waals surface area contributed by atoms with Crippen molar-refractivity contribution in [3.8, 4) is 11.4 Å². The predicted molar refractivity (Wildman–Crippen MR) is 72.1 cm³/mol. The van der Waals surface area contributed by atoms with Gasteiger partial charge in [-0.25, -0.2) is 9.07 Å². The Kier molecular flexibility index (Phi) is 3.36. The van der Waals surface area contributed by atoms with Gasteiger partial charge >= 0.3 is 5.97 Å². The maximum Gasteiger partial charge on any atom is 0.311 e. The normalized spacial score (nSPS) is 16.5. The Morgan fingerprint density at radius 3 is 2.86 bits per heavy atom. The third-order valence-corrected chi connectivity index (χ3v) is 4.33. The van der Waals surface area contributed by atoms with Gasteiger partial charge in [0.25, 0.3) is 0 Å². The Hall–Kier alpha value is -2.02. The fourth-order valence-corrected chi connectivity index (χ4v) is 2.72. The molecule has 1 aliphatic carbocycles. The lowest BCUT2D eigenvalue weighted by Crippen LogP contribution is -2.42. The molecule has 110 valence electrons. The van der Waals surface area contributed by atoms with E-state index in [4.69, 9.17) is 11.6 Å². The molecule has 6 nitrogen and oxygen atoms in total. The van der Waals surface area contributed by atoms with Crippen molar-refractivity contribution in [1.82, 2.24) is 20.2 Å². The number of aromatic nitrogens is 4. The summed E-state index contributed by atoms with van der Waals surface area (Å²) in [5.41, 5.74) is -0.495. The summed E-state index contributed by atoms with van der Waals surface area (Å²) in [4.78, 5) is 11.4. The Labute approximate surface area is 124 Å². The number of halogens is 2. The number of nitrogens with zero attached hydrogens (tertiary/aromatic N) is 4. The van der Waals surface area contributed by atoms with Crippen molar-refractivity contribution in [3.63, 3.8) is 0 Å². The molecule has 1 heterocycles. The molecule has 1 saturated carbocycles. The molecule has 1 fully saturated rings. The van der Waals surface area contributed by atoms with E-state index < -0.39 is 17.2 Å². The summed E-state index contributed by atoms with van der Waals surface area (Å²) in [6.07, 6.45) is 2.03. The Morgan fingerprint density at radius 1 is 1.48 bits per heavy atom. The number of tetrazole rings is 1. The molecular weight excluding hydrogens is 299 g/mol. The van der Waals surface area contributed by atoms with Gasteiger partial charge in [-0.15, -0.1) is 5.10 Å². The van der Waals surface area contributed by atoms with Crippen LogP contribution in [0.1, 0.15) is 19.3 Å². The van der Waals surface area contributed by atoms with Crippen molar-refractivity contribution in [1.29, 1.82) is 0 Å². The minimum absolute atomic E-state index is 0.0773. The first-order valence-corrected chi connectivity index (χ1v) is 6.85.